The number of halogens is 2. The molecular formula is C17H24FIN6S. The van der Waals surface area contributed by atoms with Crippen LogP contribution in [0.2, 0.25) is 0 Å². The van der Waals surface area contributed by atoms with Crippen LogP contribution in [0, 0.1) is 5.82 Å². The van der Waals surface area contributed by atoms with Crippen LogP contribution in [0.4, 0.5) is 9.52 Å². The van der Waals surface area contributed by atoms with E-state index < -0.39 is 0 Å². The largest absolute Gasteiger partial charge is 0.352 e. The average Bonchev–Trinajstić information content (AvgIpc) is 3.13. The smallest absolute Gasteiger partial charge is 0.205 e. The number of hydrogen-bond acceptors (Lipinski definition) is 5. The summed E-state index contributed by atoms with van der Waals surface area (Å²) in [5.74, 6) is 1.51. The molecule has 0 radical (unpaired) electrons. The van der Waals surface area contributed by atoms with Crippen LogP contribution in [0.25, 0.3) is 0 Å². The molecule has 0 amide bonds. The summed E-state index contributed by atoms with van der Waals surface area (Å²) in [6.45, 7) is 5.93. The van der Waals surface area contributed by atoms with Crippen molar-refractivity contribution in [3.8, 4) is 0 Å². The van der Waals surface area contributed by atoms with E-state index in [1.807, 2.05) is 6.07 Å². The number of nitrogens with one attached hydrogen (secondary N) is 1. The number of aromatic nitrogens is 2. The van der Waals surface area contributed by atoms with Crippen LogP contribution >= 0.6 is 35.5 Å². The van der Waals surface area contributed by atoms with Gasteiger partial charge in [-0.1, -0.05) is 25.1 Å². The van der Waals surface area contributed by atoms with E-state index in [1.54, 1.807) is 19.2 Å². The summed E-state index contributed by atoms with van der Waals surface area (Å²) in [7, 11) is 1.76. The second-order valence-corrected chi connectivity index (χ2v) is 6.54. The standard InChI is InChI=1S/C17H23FN6S.HI/c1-3-15-21-17(25-22-15)24-10-8-23(9-11-24)16(19-2)20-12-13-6-4-5-7-14(13)18;/h4-7H,3,8-12H2,1-2H3,(H,19,20);1H. The summed E-state index contributed by atoms with van der Waals surface area (Å²) in [5, 5.41) is 4.25. The molecular weight excluding hydrogens is 466 g/mol. The predicted octanol–water partition coefficient (Wildman–Crippen LogP) is 2.76. The van der Waals surface area contributed by atoms with E-state index in [0.717, 1.165) is 49.5 Å². The molecule has 142 valence electrons. The van der Waals surface area contributed by atoms with Crippen LogP contribution < -0.4 is 10.2 Å². The molecule has 1 aliphatic rings. The quantitative estimate of drug-likeness (QED) is 0.406. The number of anilines is 1. The minimum Gasteiger partial charge on any atom is -0.352 e. The molecule has 2 heterocycles. The van der Waals surface area contributed by atoms with Crippen molar-refractivity contribution in [1.82, 2.24) is 19.6 Å². The van der Waals surface area contributed by atoms with Gasteiger partial charge in [0.25, 0.3) is 0 Å². The van der Waals surface area contributed by atoms with E-state index in [1.165, 1.54) is 17.6 Å². The van der Waals surface area contributed by atoms with Gasteiger partial charge in [0, 0.05) is 63.3 Å². The van der Waals surface area contributed by atoms with Crippen molar-refractivity contribution in [1.29, 1.82) is 0 Å². The number of aliphatic imine (C=N–C) groups is 1. The van der Waals surface area contributed by atoms with Crippen LogP contribution in [-0.2, 0) is 13.0 Å². The second kappa shape index (κ2) is 10.0. The third kappa shape index (κ3) is 5.03. The van der Waals surface area contributed by atoms with Gasteiger partial charge in [0.1, 0.15) is 11.6 Å². The van der Waals surface area contributed by atoms with Crippen LogP contribution in [0.3, 0.4) is 0 Å². The molecule has 1 fully saturated rings. The highest BCUT2D eigenvalue weighted by molar-refractivity contribution is 14.0. The Hall–Kier alpha value is -1.49. The van der Waals surface area contributed by atoms with Crippen molar-refractivity contribution in [2.24, 2.45) is 4.99 Å². The zero-order valence-corrected chi connectivity index (χ0v) is 18.1. The lowest BCUT2D eigenvalue weighted by molar-refractivity contribution is 0.372. The summed E-state index contributed by atoms with van der Waals surface area (Å²) in [6, 6.07) is 6.80. The van der Waals surface area contributed by atoms with Crippen molar-refractivity contribution >= 4 is 46.6 Å². The van der Waals surface area contributed by atoms with Crippen LogP contribution in [0.15, 0.2) is 29.3 Å². The van der Waals surface area contributed by atoms with Crippen molar-refractivity contribution in [3.63, 3.8) is 0 Å². The predicted molar refractivity (Wildman–Crippen MR) is 115 cm³/mol. The fourth-order valence-electron chi connectivity index (χ4n) is 2.77. The van der Waals surface area contributed by atoms with Gasteiger partial charge < -0.3 is 15.1 Å². The van der Waals surface area contributed by atoms with Gasteiger partial charge in [0.05, 0.1) is 0 Å². The van der Waals surface area contributed by atoms with Crippen molar-refractivity contribution in [2.45, 2.75) is 19.9 Å². The van der Waals surface area contributed by atoms with Crippen LogP contribution in [0.5, 0.6) is 0 Å². The van der Waals surface area contributed by atoms with Gasteiger partial charge in [0.15, 0.2) is 5.96 Å². The van der Waals surface area contributed by atoms with E-state index in [9.17, 15) is 4.39 Å². The van der Waals surface area contributed by atoms with Gasteiger partial charge in [-0.3, -0.25) is 4.99 Å². The minimum absolute atomic E-state index is 0. The Morgan fingerprint density at radius 1 is 1.27 bits per heavy atom. The van der Waals surface area contributed by atoms with E-state index in [4.69, 9.17) is 0 Å². The van der Waals surface area contributed by atoms with Gasteiger partial charge in [0.2, 0.25) is 5.13 Å². The highest BCUT2D eigenvalue weighted by Gasteiger charge is 2.22. The van der Waals surface area contributed by atoms with Crippen molar-refractivity contribution in [2.75, 3.05) is 38.1 Å². The Balaban J connectivity index is 0.00000243. The maximum absolute atomic E-state index is 13.7. The normalized spacial score (nSPS) is 15.0. The van der Waals surface area contributed by atoms with Gasteiger partial charge in [-0.25, -0.2) is 9.37 Å². The lowest BCUT2D eigenvalue weighted by Gasteiger charge is -2.36. The van der Waals surface area contributed by atoms with Gasteiger partial charge >= 0.3 is 0 Å². The van der Waals surface area contributed by atoms with Crippen molar-refractivity contribution < 1.29 is 4.39 Å². The zero-order valence-electron chi connectivity index (χ0n) is 15.0. The minimum atomic E-state index is -0.196. The Kier molecular flexibility index (Phi) is 8.01. The number of aryl methyl sites for hydroxylation is 1. The number of hydrogen-bond donors (Lipinski definition) is 1. The molecule has 3 rings (SSSR count). The first kappa shape index (κ1) is 20.8. The number of benzene rings is 1. The first-order chi connectivity index (χ1) is 12.2. The summed E-state index contributed by atoms with van der Waals surface area (Å²) in [4.78, 5) is 13.3. The molecule has 0 atom stereocenters. The molecule has 1 aliphatic heterocycles. The van der Waals surface area contributed by atoms with E-state index in [2.05, 4.69) is 36.4 Å². The van der Waals surface area contributed by atoms with Gasteiger partial charge in [-0.2, -0.15) is 4.37 Å². The summed E-state index contributed by atoms with van der Waals surface area (Å²) in [5.41, 5.74) is 0.642. The Labute approximate surface area is 174 Å². The Morgan fingerprint density at radius 2 is 2.00 bits per heavy atom. The molecule has 1 N–H and O–H groups in total. The summed E-state index contributed by atoms with van der Waals surface area (Å²) >= 11 is 1.46. The second-order valence-electron chi connectivity index (χ2n) is 5.81. The molecule has 0 aliphatic carbocycles. The molecule has 0 spiro atoms. The number of guanidine groups is 1. The third-order valence-corrected chi connectivity index (χ3v) is 5.04. The fraction of sp³-hybridized carbons (Fsp3) is 0.471. The topological polar surface area (TPSA) is 56.7 Å². The fourth-order valence-corrected chi connectivity index (χ4v) is 3.58. The number of rotatable bonds is 4. The Morgan fingerprint density at radius 3 is 2.62 bits per heavy atom. The average molecular weight is 490 g/mol. The molecule has 9 heteroatoms. The van der Waals surface area contributed by atoms with Gasteiger partial charge in [-0.15, -0.1) is 24.0 Å². The lowest BCUT2D eigenvalue weighted by atomic mass is 10.2. The van der Waals surface area contributed by atoms with Gasteiger partial charge in [-0.05, 0) is 6.07 Å². The van der Waals surface area contributed by atoms with E-state index >= 15 is 0 Å². The molecule has 0 unspecified atom stereocenters. The first-order valence-electron chi connectivity index (χ1n) is 8.47. The highest BCUT2D eigenvalue weighted by atomic mass is 127. The molecule has 6 nitrogen and oxygen atoms in total. The van der Waals surface area contributed by atoms with Crippen LogP contribution in [-0.4, -0.2) is 53.4 Å². The lowest BCUT2D eigenvalue weighted by Crippen LogP contribution is -2.52. The molecule has 1 saturated heterocycles. The SMILES string of the molecule is CCc1nsc(N2CCN(C(=NC)NCc3ccccc3F)CC2)n1.I. The zero-order chi connectivity index (χ0) is 17.6. The maximum Gasteiger partial charge on any atom is 0.205 e. The van der Waals surface area contributed by atoms with Crippen molar-refractivity contribution in [3.05, 3.63) is 41.5 Å². The summed E-state index contributed by atoms with van der Waals surface area (Å²) < 4.78 is 18.1. The molecule has 0 bridgehead atoms. The van der Waals surface area contributed by atoms with Crippen LogP contribution in [0.1, 0.15) is 18.3 Å². The molecule has 1 aromatic heterocycles. The number of piperazine rings is 1. The monoisotopic (exact) mass is 490 g/mol. The number of nitrogens with zero attached hydrogens (tertiary/aromatic N) is 5. The Bertz CT molecular complexity index is 730. The summed E-state index contributed by atoms with van der Waals surface area (Å²) in [6.07, 6.45) is 0.864. The van der Waals surface area contributed by atoms with E-state index in [-0.39, 0.29) is 29.8 Å². The highest BCUT2D eigenvalue weighted by Crippen LogP contribution is 2.19. The molecule has 1 aromatic carbocycles. The third-order valence-electron chi connectivity index (χ3n) is 4.23. The molecule has 0 saturated carbocycles. The molecule has 26 heavy (non-hydrogen) atoms. The molecule has 2 aromatic rings. The first-order valence-corrected chi connectivity index (χ1v) is 9.25. The van der Waals surface area contributed by atoms with E-state index in [0.29, 0.717) is 12.1 Å². The maximum atomic E-state index is 13.7.